The van der Waals surface area contributed by atoms with Crippen LogP contribution in [0, 0.1) is 6.92 Å². The lowest BCUT2D eigenvalue weighted by molar-refractivity contribution is 0.0696. The normalized spacial score (nSPS) is 23.1. The van der Waals surface area contributed by atoms with Crippen molar-refractivity contribution >= 4 is 18.4 Å². The second-order valence-electron chi connectivity index (χ2n) is 5.54. The first-order valence-corrected chi connectivity index (χ1v) is 6.77. The lowest BCUT2D eigenvalue weighted by Gasteiger charge is -2.37. The highest BCUT2D eigenvalue weighted by atomic mass is 35.5. The molecule has 1 aliphatic heterocycles. The Balaban J connectivity index is 0.00000200. The highest BCUT2D eigenvalue weighted by Crippen LogP contribution is 2.16. The summed E-state index contributed by atoms with van der Waals surface area (Å²) < 4.78 is 0. The fourth-order valence-corrected chi connectivity index (χ4v) is 2.62. The third-order valence-electron chi connectivity index (χ3n) is 3.80. The average Bonchev–Trinajstić information content (AvgIpc) is 2.33. The quantitative estimate of drug-likeness (QED) is 0.899. The number of hydrogen-bond donors (Lipinski definition) is 2. The predicted octanol–water partition coefficient (Wildman–Crippen LogP) is 2.30. The smallest absolute Gasteiger partial charge is 0.335 e. The molecule has 1 aromatic rings. The highest BCUT2D eigenvalue weighted by Gasteiger charge is 2.22. The van der Waals surface area contributed by atoms with Crippen LogP contribution in [0.4, 0.5) is 0 Å². The maximum atomic E-state index is 11.0. The molecule has 0 aliphatic carbocycles. The first kappa shape index (κ1) is 17.0. The Morgan fingerprint density at radius 3 is 2.75 bits per heavy atom. The van der Waals surface area contributed by atoms with Gasteiger partial charge >= 0.3 is 5.97 Å². The van der Waals surface area contributed by atoms with Gasteiger partial charge in [0.25, 0.3) is 0 Å². The fourth-order valence-electron chi connectivity index (χ4n) is 2.62. The van der Waals surface area contributed by atoms with Gasteiger partial charge in [0.1, 0.15) is 0 Å². The van der Waals surface area contributed by atoms with E-state index in [4.69, 9.17) is 5.11 Å². The van der Waals surface area contributed by atoms with Crippen molar-refractivity contribution in [2.24, 2.45) is 0 Å². The molecule has 1 saturated heterocycles. The number of nitrogens with one attached hydrogen (secondary N) is 1. The van der Waals surface area contributed by atoms with Gasteiger partial charge in [0.05, 0.1) is 5.56 Å². The molecule has 0 amide bonds. The van der Waals surface area contributed by atoms with Crippen LogP contribution in [-0.4, -0.2) is 41.1 Å². The topological polar surface area (TPSA) is 52.6 Å². The van der Waals surface area contributed by atoms with Crippen molar-refractivity contribution in [3.63, 3.8) is 0 Å². The number of rotatable bonds is 3. The van der Waals surface area contributed by atoms with Gasteiger partial charge in [0.2, 0.25) is 0 Å². The molecule has 2 atom stereocenters. The van der Waals surface area contributed by atoms with E-state index in [0.717, 1.165) is 25.2 Å². The molecule has 1 fully saturated rings. The Bertz CT molecular complexity index is 479. The number of carbonyl (C=O) groups is 1. The van der Waals surface area contributed by atoms with Crippen LogP contribution in [0.1, 0.15) is 35.3 Å². The predicted molar refractivity (Wildman–Crippen MR) is 82.7 cm³/mol. The summed E-state index contributed by atoms with van der Waals surface area (Å²) in [5.41, 5.74) is 2.41. The maximum Gasteiger partial charge on any atom is 0.335 e. The molecular weight excluding hydrogens is 276 g/mol. The number of hydrogen-bond acceptors (Lipinski definition) is 3. The summed E-state index contributed by atoms with van der Waals surface area (Å²) in [6.07, 6.45) is 0. The molecule has 1 heterocycles. The Morgan fingerprint density at radius 2 is 2.15 bits per heavy atom. The van der Waals surface area contributed by atoms with E-state index in [1.165, 1.54) is 5.56 Å². The van der Waals surface area contributed by atoms with Crippen molar-refractivity contribution < 1.29 is 9.90 Å². The first-order chi connectivity index (χ1) is 8.97. The summed E-state index contributed by atoms with van der Waals surface area (Å²) in [4.78, 5) is 13.4. The van der Waals surface area contributed by atoms with Gasteiger partial charge in [-0.1, -0.05) is 12.1 Å². The number of piperazine rings is 1. The van der Waals surface area contributed by atoms with E-state index in [1.54, 1.807) is 6.07 Å². The van der Waals surface area contributed by atoms with Gasteiger partial charge in [-0.25, -0.2) is 4.79 Å². The van der Waals surface area contributed by atoms with Gasteiger partial charge < -0.3 is 10.4 Å². The SMILES string of the molecule is Cc1cc(CN2C[C@@H](C)NC[C@@H]2C)ccc1C(=O)O.Cl. The van der Waals surface area contributed by atoms with Crippen LogP contribution in [-0.2, 0) is 6.54 Å². The lowest BCUT2D eigenvalue weighted by Crippen LogP contribution is -2.53. The molecule has 2 rings (SSSR count). The van der Waals surface area contributed by atoms with Crippen molar-refractivity contribution in [3.8, 4) is 0 Å². The minimum atomic E-state index is -0.854. The third-order valence-corrected chi connectivity index (χ3v) is 3.80. The monoisotopic (exact) mass is 298 g/mol. The largest absolute Gasteiger partial charge is 0.478 e. The highest BCUT2D eigenvalue weighted by molar-refractivity contribution is 5.89. The molecule has 0 bridgehead atoms. The molecule has 1 aliphatic rings. The van der Waals surface area contributed by atoms with Crippen LogP contribution in [0.25, 0.3) is 0 Å². The number of aryl methyl sites for hydroxylation is 1. The van der Waals surface area contributed by atoms with Crippen molar-refractivity contribution in [1.82, 2.24) is 10.2 Å². The van der Waals surface area contributed by atoms with Crippen LogP contribution in [0.3, 0.4) is 0 Å². The van der Waals surface area contributed by atoms with Gasteiger partial charge in [-0.3, -0.25) is 4.90 Å². The van der Waals surface area contributed by atoms with Crippen molar-refractivity contribution in [3.05, 3.63) is 34.9 Å². The van der Waals surface area contributed by atoms with Crippen LogP contribution in [0.2, 0.25) is 0 Å². The molecule has 0 aromatic heterocycles. The summed E-state index contributed by atoms with van der Waals surface area (Å²) in [6, 6.07) is 6.65. The summed E-state index contributed by atoms with van der Waals surface area (Å²) >= 11 is 0. The summed E-state index contributed by atoms with van der Waals surface area (Å²) in [5.74, 6) is -0.854. The molecule has 5 heteroatoms. The summed E-state index contributed by atoms with van der Waals surface area (Å²) in [7, 11) is 0. The Labute approximate surface area is 126 Å². The summed E-state index contributed by atoms with van der Waals surface area (Å²) in [5, 5.41) is 12.5. The minimum absolute atomic E-state index is 0. The van der Waals surface area contributed by atoms with E-state index < -0.39 is 5.97 Å². The van der Waals surface area contributed by atoms with Crippen LogP contribution in [0.15, 0.2) is 18.2 Å². The van der Waals surface area contributed by atoms with E-state index in [0.29, 0.717) is 17.6 Å². The Hall–Kier alpha value is -1.10. The molecule has 1 aromatic carbocycles. The van der Waals surface area contributed by atoms with Crippen LogP contribution >= 0.6 is 12.4 Å². The molecule has 2 N–H and O–H groups in total. The zero-order chi connectivity index (χ0) is 14.0. The van der Waals surface area contributed by atoms with Crippen molar-refractivity contribution in [2.45, 2.75) is 39.4 Å². The second kappa shape index (κ2) is 7.07. The Morgan fingerprint density at radius 1 is 1.45 bits per heavy atom. The summed E-state index contributed by atoms with van der Waals surface area (Å²) in [6.45, 7) is 9.19. The number of aromatic carboxylic acids is 1. The number of carboxylic acids is 1. The van der Waals surface area contributed by atoms with Gasteiger partial charge in [0, 0.05) is 31.7 Å². The van der Waals surface area contributed by atoms with E-state index in [9.17, 15) is 4.79 Å². The number of nitrogens with zero attached hydrogens (tertiary/aromatic N) is 1. The van der Waals surface area contributed by atoms with Crippen molar-refractivity contribution in [1.29, 1.82) is 0 Å². The molecule has 112 valence electrons. The van der Waals surface area contributed by atoms with Crippen LogP contribution in [0.5, 0.6) is 0 Å². The standard InChI is InChI=1S/C15H22N2O2.ClH/c1-10-6-13(4-5-14(10)15(18)19)9-17-8-11(2)16-7-12(17)3;/h4-6,11-12,16H,7-9H2,1-3H3,(H,18,19);1H/t11-,12+;/m1./s1. The number of carboxylic acid groups (broad SMARTS) is 1. The van der Waals surface area contributed by atoms with E-state index >= 15 is 0 Å². The molecular formula is C15H23ClN2O2. The molecule has 20 heavy (non-hydrogen) atoms. The Kier molecular flexibility index (Phi) is 5.99. The average molecular weight is 299 g/mol. The van der Waals surface area contributed by atoms with Gasteiger partial charge in [-0.05, 0) is 38.0 Å². The number of halogens is 1. The van der Waals surface area contributed by atoms with Gasteiger partial charge in [0.15, 0.2) is 0 Å². The minimum Gasteiger partial charge on any atom is -0.478 e. The molecule has 0 radical (unpaired) electrons. The molecule has 4 nitrogen and oxygen atoms in total. The van der Waals surface area contributed by atoms with Crippen LogP contribution < -0.4 is 5.32 Å². The van der Waals surface area contributed by atoms with E-state index in [1.807, 2.05) is 19.1 Å². The zero-order valence-electron chi connectivity index (χ0n) is 12.2. The molecule has 0 spiro atoms. The van der Waals surface area contributed by atoms with Gasteiger partial charge in [-0.15, -0.1) is 12.4 Å². The van der Waals surface area contributed by atoms with Crippen molar-refractivity contribution in [2.75, 3.05) is 13.1 Å². The zero-order valence-corrected chi connectivity index (χ0v) is 13.0. The first-order valence-electron chi connectivity index (χ1n) is 6.77. The lowest BCUT2D eigenvalue weighted by atomic mass is 10.0. The second-order valence-corrected chi connectivity index (χ2v) is 5.54. The van der Waals surface area contributed by atoms with Gasteiger partial charge in [-0.2, -0.15) is 0 Å². The van der Waals surface area contributed by atoms with E-state index in [2.05, 4.69) is 24.1 Å². The van der Waals surface area contributed by atoms with E-state index in [-0.39, 0.29) is 12.4 Å². The third kappa shape index (κ3) is 3.95. The molecule has 0 unspecified atom stereocenters. The fraction of sp³-hybridized carbons (Fsp3) is 0.533. The maximum absolute atomic E-state index is 11.0. The molecule has 0 saturated carbocycles. The number of benzene rings is 1.